The molecule has 0 amide bonds. The van der Waals surface area contributed by atoms with Crippen molar-refractivity contribution >= 4 is 5.82 Å². The number of hydrogen-bond donors (Lipinski definition) is 13. The summed E-state index contributed by atoms with van der Waals surface area (Å²) in [6, 6.07) is -1.90. The molecule has 15 atom stereocenters. The molecule has 40 heavy (non-hydrogen) atoms. The summed E-state index contributed by atoms with van der Waals surface area (Å²) in [6.07, 6.45) is -23.4. The number of aliphatic hydroxyl groups is 10. The van der Waals surface area contributed by atoms with Gasteiger partial charge in [-0.1, -0.05) is 0 Å². The van der Waals surface area contributed by atoms with E-state index in [9.17, 15) is 50.8 Å². The zero-order valence-corrected chi connectivity index (χ0v) is 21.0. The molecule has 2 fully saturated rings. The Bertz CT molecular complexity index is 1020. The van der Waals surface area contributed by atoms with Crippen LogP contribution in [0.4, 0.5) is 5.82 Å². The minimum absolute atomic E-state index is 0.170. The van der Waals surface area contributed by atoms with E-state index in [-0.39, 0.29) is 5.82 Å². The van der Waals surface area contributed by atoms with Gasteiger partial charge < -0.3 is 82.5 Å². The first-order valence-electron chi connectivity index (χ1n) is 12.2. The van der Waals surface area contributed by atoms with Gasteiger partial charge in [0.05, 0.1) is 25.3 Å². The lowest BCUT2D eigenvalue weighted by atomic mass is 9.87. The van der Waals surface area contributed by atoms with E-state index in [1.807, 2.05) is 0 Å². The van der Waals surface area contributed by atoms with Crippen molar-refractivity contribution in [2.45, 2.75) is 91.7 Å². The summed E-state index contributed by atoms with van der Waals surface area (Å²) < 4.78 is 17.5. The van der Waals surface area contributed by atoms with Crippen molar-refractivity contribution in [3.05, 3.63) is 22.7 Å². The average molecular weight is 584 g/mol. The van der Waals surface area contributed by atoms with Gasteiger partial charge in [-0.2, -0.15) is 4.98 Å². The van der Waals surface area contributed by atoms with Gasteiger partial charge in [-0.05, 0) is 6.07 Å². The van der Waals surface area contributed by atoms with E-state index in [0.29, 0.717) is 0 Å². The summed E-state index contributed by atoms with van der Waals surface area (Å²) in [4.78, 5) is 15.9. The number of nitrogen functional groups attached to an aromatic ring is 1. The zero-order valence-electron chi connectivity index (χ0n) is 21.0. The Labute approximate surface area is 226 Å². The molecular weight excluding hydrogens is 546 g/mol. The first-order valence-corrected chi connectivity index (χ1v) is 12.2. The highest BCUT2D eigenvalue weighted by atomic mass is 16.7. The Morgan fingerprint density at radius 2 is 1.57 bits per heavy atom. The van der Waals surface area contributed by atoms with Gasteiger partial charge in [-0.25, -0.2) is 4.79 Å². The van der Waals surface area contributed by atoms with Gasteiger partial charge in [0.1, 0.15) is 73.0 Å². The van der Waals surface area contributed by atoms with Crippen molar-refractivity contribution in [1.29, 1.82) is 0 Å². The van der Waals surface area contributed by atoms with Crippen molar-refractivity contribution in [3.8, 4) is 0 Å². The molecule has 0 aliphatic carbocycles. The smallest absolute Gasteiger partial charge is 0.351 e. The predicted octanol–water partition coefficient (Wildman–Crippen LogP) is -8.64. The number of nitrogens with zero attached hydrogens (tertiary/aromatic N) is 2. The summed E-state index contributed by atoms with van der Waals surface area (Å²) in [7, 11) is 0. The van der Waals surface area contributed by atoms with E-state index < -0.39 is 111 Å². The number of rotatable bonds is 10. The summed E-state index contributed by atoms with van der Waals surface area (Å²) in [5.74, 6) is -0.170. The number of ether oxygens (including phenoxy) is 3. The van der Waals surface area contributed by atoms with Crippen LogP contribution in [-0.2, 0) is 14.2 Å². The fourth-order valence-electron chi connectivity index (χ4n) is 4.54. The number of aromatic nitrogens is 2. The Balaban J connectivity index is 2.02. The molecule has 1 aromatic heterocycles. The fourth-order valence-corrected chi connectivity index (χ4v) is 4.54. The summed E-state index contributed by atoms with van der Waals surface area (Å²) in [6.45, 7) is -1.80. The third kappa shape index (κ3) is 6.43. The van der Waals surface area contributed by atoms with Gasteiger partial charge in [0.2, 0.25) is 0 Å². The van der Waals surface area contributed by atoms with E-state index in [2.05, 4.69) is 4.98 Å². The highest BCUT2D eigenvalue weighted by molar-refractivity contribution is 5.23. The highest BCUT2D eigenvalue weighted by Gasteiger charge is 2.53. The van der Waals surface area contributed by atoms with E-state index in [1.165, 1.54) is 6.07 Å². The third-order valence-corrected chi connectivity index (χ3v) is 7.01. The van der Waals surface area contributed by atoms with Crippen molar-refractivity contribution in [2.75, 3.05) is 18.9 Å². The molecule has 0 aromatic carbocycles. The van der Waals surface area contributed by atoms with Crippen molar-refractivity contribution in [3.63, 3.8) is 0 Å². The third-order valence-electron chi connectivity index (χ3n) is 7.01. The Kier molecular flexibility index (Phi) is 10.9. The normalized spacial score (nSPS) is 38.8. The molecule has 0 unspecified atom stereocenters. The second-order valence-corrected chi connectivity index (χ2v) is 9.70. The van der Waals surface area contributed by atoms with E-state index in [0.717, 1.165) is 10.8 Å². The largest absolute Gasteiger partial charge is 0.394 e. The van der Waals surface area contributed by atoms with Gasteiger partial charge >= 0.3 is 5.69 Å². The predicted molar refractivity (Wildman–Crippen MR) is 129 cm³/mol. The molecule has 3 rings (SSSR count). The van der Waals surface area contributed by atoms with E-state index in [1.54, 1.807) is 0 Å². The average Bonchev–Trinajstić information content (AvgIpc) is 2.93. The number of hydrogen-bond acceptors (Lipinski definition) is 18. The minimum Gasteiger partial charge on any atom is -0.394 e. The van der Waals surface area contributed by atoms with E-state index in [4.69, 9.17) is 36.5 Å². The van der Waals surface area contributed by atoms with E-state index >= 15 is 0 Å². The topological polar surface area (TPSA) is 343 Å². The van der Waals surface area contributed by atoms with Crippen LogP contribution >= 0.6 is 0 Å². The second-order valence-electron chi connectivity index (χ2n) is 9.70. The molecule has 2 saturated heterocycles. The summed E-state index contributed by atoms with van der Waals surface area (Å²) in [5.41, 5.74) is 16.3. The van der Waals surface area contributed by atoms with Crippen LogP contribution in [0.15, 0.2) is 17.1 Å². The van der Waals surface area contributed by atoms with Gasteiger partial charge in [0, 0.05) is 6.20 Å². The van der Waals surface area contributed by atoms with Crippen LogP contribution in [0.2, 0.25) is 0 Å². The zero-order chi connectivity index (χ0) is 30.0. The number of anilines is 1. The molecule has 230 valence electrons. The van der Waals surface area contributed by atoms with Crippen molar-refractivity contribution < 1.29 is 65.3 Å². The van der Waals surface area contributed by atoms with Gasteiger partial charge in [-0.3, -0.25) is 4.57 Å². The quantitative estimate of drug-likeness (QED) is 0.121. The van der Waals surface area contributed by atoms with Crippen LogP contribution in [0.3, 0.4) is 0 Å². The number of nitrogens with two attached hydrogens (primary N) is 3. The van der Waals surface area contributed by atoms with Crippen molar-refractivity contribution in [1.82, 2.24) is 9.55 Å². The first-order chi connectivity index (χ1) is 18.7. The van der Waals surface area contributed by atoms with Crippen LogP contribution in [-0.4, -0.2) is 159 Å². The summed E-state index contributed by atoms with van der Waals surface area (Å²) in [5, 5.41) is 102. The molecule has 0 radical (unpaired) electrons. The molecule has 1 aromatic rings. The molecule has 2 aliphatic heterocycles. The maximum absolute atomic E-state index is 12.4. The fraction of sp³-hybridized carbons (Fsp3) is 0.810. The lowest BCUT2D eigenvalue weighted by Crippen LogP contribution is -2.69. The molecule has 0 spiro atoms. The van der Waals surface area contributed by atoms with Crippen LogP contribution in [0.5, 0.6) is 0 Å². The Morgan fingerprint density at radius 1 is 0.925 bits per heavy atom. The van der Waals surface area contributed by atoms with Crippen LogP contribution in [0.25, 0.3) is 0 Å². The monoisotopic (exact) mass is 583 g/mol. The molecule has 16 N–H and O–H groups in total. The molecule has 3 heterocycles. The van der Waals surface area contributed by atoms with Crippen LogP contribution in [0.1, 0.15) is 6.23 Å². The number of aliphatic hydroxyl groups excluding tert-OH is 10. The summed E-state index contributed by atoms with van der Waals surface area (Å²) >= 11 is 0. The first kappa shape index (κ1) is 32.6. The van der Waals surface area contributed by atoms with Crippen LogP contribution < -0.4 is 22.9 Å². The molecule has 0 saturated carbocycles. The SMILES string of the molecule is Nc1ccn([C@@H]2O[C@@H]([C@@H](O[C@@H]3O[C@@H](CO)[C@H](O)[C@@H](N)[C@@H]3O)[C@H](O)[C@H](O)[C@H](O)[C@H](O)CO)[C@H](N)[C@@H](O)[C@H]2O)c(=O)n1. The molecule has 0 bridgehead atoms. The molecule has 19 nitrogen and oxygen atoms in total. The molecule has 2 aliphatic rings. The standard InChI is InChI=1S/C21H37N5O14/c22-7-1-2-26(21(37)25-7)19-16(36)12(32)9(24)17(39-19)18(15(35)14(34)10(30)5(29)3-27)40-20-13(33)8(23)11(31)6(4-28)38-20/h1-2,5-6,8-20,27-36H,3-4,23-24H2,(H2,22,25,37)/t5-,6+,8-,9-,10-,11+,12-,13+,14-,15-,16-,17-,18+,19-,20+/m1/s1. The lowest BCUT2D eigenvalue weighted by molar-refractivity contribution is -0.326. The molecule has 19 heteroatoms. The lowest BCUT2D eigenvalue weighted by Gasteiger charge is -2.48. The van der Waals surface area contributed by atoms with Gasteiger partial charge in [0.25, 0.3) is 0 Å². The minimum atomic E-state index is -2.29. The van der Waals surface area contributed by atoms with Crippen molar-refractivity contribution in [2.24, 2.45) is 11.5 Å². The maximum atomic E-state index is 12.4. The highest BCUT2D eigenvalue weighted by Crippen LogP contribution is 2.33. The molecular formula is C21H37N5O14. The Hall–Kier alpha value is -1.92. The van der Waals surface area contributed by atoms with Gasteiger partial charge in [0.15, 0.2) is 12.5 Å². The Morgan fingerprint density at radius 3 is 2.15 bits per heavy atom. The van der Waals surface area contributed by atoms with Crippen LogP contribution in [0, 0.1) is 0 Å². The second kappa shape index (κ2) is 13.4. The maximum Gasteiger partial charge on any atom is 0.351 e. The van der Waals surface area contributed by atoms with Gasteiger partial charge in [-0.15, -0.1) is 0 Å².